The minimum absolute atomic E-state index is 0.409. The first-order valence-corrected chi connectivity index (χ1v) is 7.37. The molecule has 2 heterocycles. The zero-order valence-electron chi connectivity index (χ0n) is 11.9. The predicted molar refractivity (Wildman–Crippen MR) is 84.5 cm³/mol. The van der Waals surface area contributed by atoms with Crippen molar-refractivity contribution in [3.8, 4) is 0 Å². The van der Waals surface area contributed by atoms with E-state index in [1.165, 1.54) is 0 Å². The van der Waals surface area contributed by atoms with Crippen LogP contribution in [0.25, 0.3) is 10.9 Å². The Bertz CT molecular complexity index is 747. The summed E-state index contributed by atoms with van der Waals surface area (Å²) in [5, 5.41) is 22.4. The van der Waals surface area contributed by atoms with Crippen LogP contribution in [0.5, 0.6) is 0 Å². The molecule has 1 atom stereocenters. The molecular weight excluding hydrogens is 302 g/mol. The largest absolute Gasteiger partial charge is 0.390 e. The first-order chi connectivity index (χ1) is 10.7. The van der Waals surface area contributed by atoms with Gasteiger partial charge in [0.15, 0.2) is 0 Å². The number of aromatic nitrogens is 4. The average molecular weight is 318 g/mol. The molecule has 0 saturated heterocycles. The highest BCUT2D eigenvalue weighted by Crippen LogP contribution is 2.24. The molecule has 22 heavy (non-hydrogen) atoms. The van der Waals surface area contributed by atoms with E-state index in [0.29, 0.717) is 24.7 Å². The van der Waals surface area contributed by atoms with Crippen LogP contribution in [0.4, 0.5) is 0 Å². The molecular formula is C15H16ClN5O. The van der Waals surface area contributed by atoms with Crippen LogP contribution >= 0.6 is 11.6 Å². The molecule has 0 fully saturated rings. The van der Waals surface area contributed by atoms with Gasteiger partial charge in [0.1, 0.15) is 0 Å². The van der Waals surface area contributed by atoms with Gasteiger partial charge < -0.3 is 10.4 Å². The summed E-state index contributed by atoms with van der Waals surface area (Å²) in [5.74, 6) is 0. The minimum Gasteiger partial charge on any atom is -0.390 e. The Morgan fingerprint density at radius 1 is 1.27 bits per heavy atom. The molecule has 0 saturated carbocycles. The number of nitrogens with zero attached hydrogens (tertiary/aromatic N) is 4. The molecule has 0 bridgehead atoms. The normalized spacial score (nSPS) is 12.6. The summed E-state index contributed by atoms with van der Waals surface area (Å²) in [6.07, 6.45) is 4.53. The number of hydrogen-bond donors (Lipinski definition) is 2. The number of fused-ring (bicyclic) bond motifs is 1. The van der Waals surface area contributed by atoms with E-state index in [9.17, 15) is 5.11 Å². The van der Waals surface area contributed by atoms with E-state index < -0.39 is 6.10 Å². The molecule has 7 heteroatoms. The number of aliphatic hydroxyl groups is 1. The van der Waals surface area contributed by atoms with E-state index in [0.717, 1.165) is 16.5 Å². The summed E-state index contributed by atoms with van der Waals surface area (Å²) in [5.41, 5.74) is 1.93. The zero-order chi connectivity index (χ0) is 15.4. The number of halogens is 1. The lowest BCUT2D eigenvalue weighted by Gasteiger charge is -2.12. The van der Waals surface area contributed by atoms with Crippen molar-refractivity contribution in [2.75, 3.05) is 6.54 Å². The third-order valence-electron chi connectivity index (χ3n) is 3.37. The zero-order valence-corrected chi connectivity index (χ0v) is 12.6. The average Bonchev–Trinajstić information content (AvgIpc) is 3.03. The Balaban J connectivity index is 1.61. The highest BCUT2D eigenvalue weighted by molar-refractivity contribution is 6.35. The first kappa shape index (κ1) is 14.9. The summed E-state index contributed by atoms with van der Waals surface area (Å²) in [4.78, 5) is 4.39. The van der Waals surface area contributed by atoms with E-state index in [2.05, 4.69) is 20.6 Å². The maximum atomic E-state index is 9.97. The molecule has 0 aliphatic carbocycles. The van der Waals surface area contributed by atoms with Gasteiger partial charge in [-0.1, -0.05) is 22.9 Å². The van der Waals surface area contributed by atoms with Crippen molar-refractivity contribution in [1.29, 1.82) is 0 Å². The second-order valence-electron chi connectivity index (χ2n) is 5.02. The summed E-state index contributed by atoms with van der Waals surface area (Å²) >= 11 is 6.18. The SMILES string of the molecule is OC(CNCc1ccc(Cl)c2cccnc12)Cn1ccnn1. The Hall–Kier alpha value is -2.02. The maximum Gasteiger partial charge on any atom is 0.0860 e. The third kappa shape index (κ3) is 3.41. The molecule has 0 aliphatic heterocycles. The van der Waals surface area contributed by atoms with E-state index in [1.54, 1.807) is 23.3 Å². The molecule has 114 valence electrons. The summed E-state index contributed by atoms with van der Waals surface area (Å²) in [7, 11) is 0. The van der Waals surface area contributed by atoms with Crippen molar-refractivity contribution < 1.29 is 5.11 Å². The molecule has 0 spiro atoms. The topological polar surface area (TPSA) is 75.9 Å². The smallest absolute Gasteiger partial charge is 0.0860 e. The van der Waals surface area contributed by atoms with Crippen LogP contribution < -0.4 is 5.32 Å². The lowest BCUT2D eigenvalue weighted by Crippen LogP contribution is -2.30. The summed E-state index contributed by atoms with van der Waals surface area (Å²) in [6, 6.07) is 7.64. The molecule has 0 aliphatic rings. The van der Waals surface area contributed by atoms with E-state index >= 15 is 0 Å². The molecule has 2 aromatic heterocycles. The second-order valence-corrected chi connectivity index (χ2v) is 5.42. The van der Waals surface area contributed by atoms with Gasteiger partial charge in [-0.25, -0.2) is 4.68 Å². The number of nitrogens with one attached hydrogen (secondary N) is 1. The highest BCUT2D eigenvalue weighted by Gasteiger charge is 2.08. The third-order valence-corrected chi connectivity index (χ3v) is 3.69. The Morgan fingerprint density at radius 2 is 2.18 bits per heavy atom. The quantitative estimate of drug-likeness (QED) is 0.722. The number of aliphatic hydroxyl groups excluding tert-OH is 1. The fourth-order valence-electron chi connectivity index (χ4n) is 2.32. The molecule has 3 aromatic rings. The fourth-order valence-corrected chi connectivity index (χ4v) is 2.54. The van der Waals surface area contributed by atoms with E-state index in [4.69, 9.17) is 11.6 Å². The summed E-state index contributed by atoms with van der Waals surface area (Å²) in [6.45, 7) is 1.47. The lowest BCUT2D eigenvalue weighted by molar-refractivity contribution is 0.146. The maximum absolute atomic E-state index is 9.97. The van der Waals surface area contributed by atoms with Gasteiger partial charge >= 0.3 is 0 Å². The summed E-state index contributed by atoms with van der Waals surface area (Å²) < 4.78 is 1.60. The monoisotopic (exact) mass is 317 g/mol. The van der Waals surface area contributed by atoms with Crippen molar-refractivity contribution in [2.24, 2.45) is 0 Å². The van der Waals surface area contributed by atoms with E-state index in [-0.39, 0.29) is 0 Å². The van der Waals surface area contributed by atoms with Gasteiger partial charge in [-0.3, -0.25) is 4.98 Å². The minimum atomic E-state index is -0.534. The van der Waals surface area contributed by atoms with Gasteiger partial charge in [0.25, 0.3) is 0 Å². The van der Waals surface area contributed by atoms with Crippen LogP contribution in [0, 0.1) is 0 Å². The first-order valence-electron chi connectivity index (χ1n) is 6.99. The van der Waals surface area contributed by atoms with Gasteiger partial charge in [-0.15, -0.1) is 5.10 Å². The number of benzene rings is 1. The number of pyridine rings is 1. The highest BCUT2D eigenvalue weighted by atomic mass is 35.5. The standard InChI is InChI=1S/C15H16ClN5O/c16-14-4-3-11(15-13(14)2-1-5-18-15)8-17-9-12(22)10-21-7-6-19-20-21/h1-7,12,17,22H,8-10H2. The Kier molecular flexibility index (Phi) is 4.62. The van der Waals surface area contributed by atoms with Gasteiger partial charge in [0, 0.05) is 35.9 Å². The van der Waals surface area contributed by atoms with Crippen LogP contribution in [-0.2, 0) is 13.1 Å². The van der Waals surface area contributed by atoms with Crippen LogP contribution in [0.2, 0.25) is 5.02 Å². The van der Waals surface area contributed by atoms with Gasteiger partial charge in [-0.05, 0) is 23.8 Å². The Morgan fingerprint density at radius 3 is 3.00 bits per heavy atom. The van der Waals surface area contributed by atoms with Crippen LogP contribution in [0.1, 0.15) is 5.56 Å². The molecule has 2 N–H and O–H groups in total. The number of hydrogen-bond acceptors (Lipinski definition) is 5. The van der Waals surface area contributed by atoms with Crippen molar-refractivity contribution >= 4 is 22.5 Å². The van der Waals surface area contributed by atoms with Crippen LogP contribution in [0.15, 0.2) is 42.9 Å². The molecule has 0 radical (unpaired) electrons. The van der Waals surface area contributed by atoms with Gasteiger partial charge in [-0.2, -0.15) is 0 Å². The van der Waals surface area contributed by atoms with E-state index in [1.807, 2.05) is 24.3 Å². The lowest BCUT2D eigenvalue weighted by atomic mass is 10.1. The molecule has 3 rings (SSSR count). The van der Waals surface area contributed by atoms with Crippen molar-refractivity contribution in [3.63, 3.8) is 0 Å². The molecule has 0 amide bonds. The molecule has 1 unspecified atom stereocenters. The number of rotatable bonds is 6. The molecule has 1 aromatic carbocycles. The van der Waals surface area contributed by atoms with Gasteiger partial charge in [0.2, 0.25) is 0 Å². The Labute approximate surface area is 132 Å². The van der Waals surface area contributed by atoms with Crippen molar-refractivity contribution in [3.05, 3.63) is 53.4 Å². The molecule has 6 nitrogen and oxygen atoms in total. The van der Waals surface area contributed by atoms with Crippen LogP contribution in [-0.4, -0.2) is 37.7 Å². The van der Waals surface area contributed by atoms with Crippen molar-refractivity contribution in [1.82, 2.24) is 25.3 Å². The second kappa shape index (κ2) is 6.83. The fraction of sp³-hybridized carbons (Fsp3) is 0.267. The predicted octanol–water partition coefficient (Wildman–Crippen LogP) is 1.63. The van der Waals surface area contributed by atoms with Crippen LogP contribution in [0.3, 0.4) is 0 Å². The van der Waals surface area contributed by atoms with Crippen molar-refractivity contribution in [2.45, 2.75) is 19.2 Å². The van der Waals surface area contributed by atoms with Gasteiger partial charge in [0.05, 0.1) is 24.4 Å².